The van der Waals surface area contributed by atoms with E-state index < -0.39 is 0 Å². The molecule has 0 spiro atoms. The summed E-state index contributed by atoms with van der Waals surface area (Å²) >= 11 is 3.68. The Hall–Kier alpha value is 0.570. The van der Waals surface area contributed by atoms with Gasteiger partial charge in [-0.25, -0.2) is 0 Å². The van der Waals surface area contributed by atoms with Crippen molar-refractivity contribution in [2.24, 2.45) is 5.92 Å². The van der Waals surface area contributed by atoms with Crippen molar-refractivity contribution in [3.05, 3.63) is 0 Å². The maximum Gasteiger partial charge on any atom is 0.113 e. The predicted octanol–water partition coefficient (Wildman–Crippen LogP) is -0.272. The monoisotopic (exact) mass is 202 g/mol. The van der Waals surface area contributed by atoms with Crippen molar-refractivity contribution in [3.63, 3.8) is 0 Å². The van der Waals surface area contributed by atoms with E-state index in [1.54, 1.807) is 0 Å². The molecule has 10 heavy (non-hydrogen) atoms. The third-order valence-corrected chi connectivity index (χ3v) is 2.84. The van der Waals surface area contributed by atoms with Crippen LogP contribution in [0.5, 0.6) is 0 Å². The van der Waals surface area contributed by atoms with Crippen LogP contribution in [0.4, 0.5) is 0 Å². The molecule has 1 rings (SSSR count). The highest BCUT2D eigenvalue weighted by Gasteiger charge is 2.27. The molecular formula is C6H13B2BrO. The Balaban J connectivity index is 2.39. The van der Waals surface area contributed by atoms with Crippen LogP contribution in [-0.4, -0.2) is 33.0 Å². The van der Waals surface area contributed by atoms with E-state index in [0.717, 1.165) is 19.1 Å². The van der Waals surface area contributed by atoms with Gasteiger partial charge in [-0.05, 0) is 22.9 Å². The molecule has 0 aromatic rings. The van der Waals surface area contributed by atoms with Crippen LogP contribution in [0.1, 0.15) is 12.8 Å². The van der Waals surface area contributed by atoms with Crippen molar-refractivity contribution in [2.75, 3.05) is 13.2 Å². The summed E-state index contributed by atoms with van der Waals surface area (Å²) in [5.74, 6) is 0.793. The lowest BCUT2D eigenvalue weighted by Crippen LogP contribution is -2.36. The van der Waals surface area contributed by atoms with Gasteiger partial charge in [-0.2, -0.15) is 0 Å². The molecule has 0 atom stereocenters. The molecule has 4 heteroatoms. The van der Waals surface area contributed by atoms with Crippen molar-refractivity contribution in [2.45, 2.75) is 17.0 Å². The normalized spacial score (nSPS) is 22.9. The fourth-order valence-corrected chi connectivity index (χ4v) is 1.84. The Morgan fingerprint density at radius 1 is 1.30 bits per heavy atom. The van der Waals surface area contributed by atoms with Gasteiger partial charge in [0.1, 0.15) is 15.7 Å². The Labute approximate surface area is 72.8 Å². The maximum atomic E-state index is 5.27. The van der Waals surface area contributed by atoms with Crippen molar-refractivity contribution in [1.82, 2.24) is 0 Å². The van der Waals surface area contributed by atoms with Crippen molar-refractivity contribution in [3.8, 4) is 0 Å². The first-order valence-electron chi connectivity index (χ1n) is 3.87. The summed E-state index contributed by atoms with van der Waals surface area (Å²) in [6.45, 7) is 1.89. The number of halogens is 1. The Kier molecular flexibility index (Phi) is 2.87. The second kappa shape index (κ2) is 3.31. The third-order valence-electron chi connectivity index (χ3n) is 2.19. The lowest BCUT2D eigenvalue weighted by atomic mass is 9.61. The fraction of sp³-hybridized carbons (Fsp3) is 1.00. The molecule has 1 nitrogen and oxygen atoms in total. The van der Waals surface area contributed by atoms with E-state index in [0.29, 0.717) is 4.12 Å². The molecule has 0 saturated carbocycles. The zero-order valence-corrected chi connectivity index (χ0v) is 8.28. The standard InChI is InChI=1S/C6H13B2BrO/c7-6(8,9)5-1-3-10-4-2-5/h5H,1-4,7-8H2. The van der Waals surface area contributed by atoms with E-state index in [2.05, 4.69) is 31.6 Å². The summed E-state index contributed by atoms with van der Waals surface area (Å²) in [5, 5.41) is 0. The zero-order valence-electron chi connectivity index (χ0n) is 6.69. The fourth-order valence-electron chi connectivity index (χ4n) is 1.38. The summed E-state index contributed by atoms with van der Waals surface area (Å²) in [5.41, 5.74) is 0. The highest BCUT2D eigenvalue weighted by Crippen LogP contribution is 2.28. The lowest BCUT2D eigenvalue weighted by molar-refractivity contribution is 0.0683. The molecule has 0 bridgehead atoms. The van der Waals surface area contributed by atoms with Crippen LogP contribution in [0.25, 0.3) is 0 Å². The minimum Gasteiger partial charge on any atom is -0.381 e. The number of hydrogen-bond acceptors (Lipinski definition) is 1. The molecule has 0 aromatic carbocycles. The van der Waals surface area contributed by atoms with Crippen LogP contribution in [0.15, 0.2) is 0 Å². The van der Waals surface area contributed by atoms with Gasteiger partial charge in [0.15, 0.2) is 0 Å². The molecule has 0 radical (unpaired) electrons. The van der Waals surface area contributed by atoms with Gasteiger partial charge >= 0.3 is 0 Å². The van der Waals surface area contributed by atoms with Gasteiger partial charge in [0.2, 0.25) is 0 Å². The third kappa shape index (κ3) is 2.31. The minimum absolute atomic E-state index is 0.302. The van der Waals surface area contributed by atoms with Gasteiger partial charge in [0.25, 0.3) is 0 Å². The number of alkyl halides is 1. The van der Waals surface area contributed by atoms with Gasteiger partial charge in [-0.1, -0.05) is 0 Å². The smallest absolute Gasteiger partial charge is 0.113 e. The molecule has 1 heterocycles. The average molecular weight is 203 g/mol. The topological polar surface area (TPSA) is 9.23 Å². The van der Waals surface area contributed by atoms with E-state index in [9.17, 15) is 0 Å². The molecule has 0 amide bonds. The zero-order chi connectivity index (χ0) is 7.61. The molecular weight excluding hydrogens is 190 g/mol. The van der Waals surface area contributed by atoms with Crippen molar-refractivity contribution >= 4 is 31.6 Å². The van der Waals surface area contributed by atoms with E-state index in [-0.39, 0.29) is 0 Å². The second-order valence-corrected chi connectivity index (χ2v) is 5.49. The molecule has 0 aromatic heterocycles. The Bertz CT molecular complexity index is 107. The molecule has 0 unspecified atom stereocenters. The predicted molar refractivity (Wildman–Crippen MR) is 52.3 cm³/mol. The first kappa shape index (κ1) is 8.66. The van der Waals surface area contributed by atoms with Crippen molar-refractivity contribution < 1.29 is 4.74 Å². The Morgan fingerprint density at radius 3 is 2.10 bits per heavy atom. The maximum absolute atomic E-state index is 5.27. The molecule has 56 valence electrons. The molecule has 1 saturated heterocycles. The summed E-state index contributed by atoms with van der Waals surface area (Å²) in [4.78, 5) is 0. The molecule has 1 fully saturated rings. The largest absolute Gasteiger partial charge is 0.381 e. The van der Waals surface area contributed by atoms with Crippen LogP contribution in [-0.2, 0) is 4.74 Å². The van der Waals surface area contributed by atoms with Crippen LogP contribution < -0.4 is 0 Å². The summed E-state index contributed by atoms with van der Waals surface area (Å²) in [6, 6.07) is 0. The quantitative estimate of drug-likeness (QED) is 0.420. The molecule has 1 aliphatic rings. The number of hydrogen-bond donors (Lipinski definition) is 0. The highest BCUT2D eigenvalue weighted by molar-refractivity contribution is 9.11. The average Bonchev–Trinajstić information content (AvgIpc) is 1.88. The first-order valence-corrected chi connectivity index (χ1v) is 4.66. The van der Waals surface area contributed by atoms with Gasteiger partial charge in [0, 0.05) is 13.2 Å². The second-order valence-electron chi connectivity index (χ2n) is 3.45. The highest BCUT2D eigenvalue weighted by atomic mass is 79.9. The van der Waals surface area contributed by atoms with E-state index in [4.69, 9.17) is 4.74 Å². The van der Waals surface area contributed by atoms with Gasteiger partial charge in [-0.3, -0.25) is 0 Å². The lowest BCUT2D eigenvalue weighted by Gasteiger charge is -2.32. The van der Waals surface area contributed by atoms with Gasteiger partial charge in [0.05, 0.1) is 0 Å². The Morgan fingerprint density at radius 2 is 1.80 bits per heavy atom. The molecule has 1 aliphatic heterocycles. The van der Waals surface area contributed by atoms with Crippen LogP contribution >= 0.6 is 15.9 Å². The minimum atomic E-state index is 0.302. The van der Waals surface area contributed by atoms with Gasteiger partial charge < -0.3 is 4.74 Å². The van der Waals surface area contributed by atoms with Gasteiger partial charge in [-0.15, -0.1) is 15.9 Å². The number of rotatable bonds is 1. The van der Waals surface area contributed by atoms with Crippen molar-refractivity contribution in [1.29, 1.82) is 0 Å². The number of ether oxygens (including phenoxy) is 1. The van der Waals surface area contributed by atoms with E-state index in [1.807, 2.05) is 0 Å². The van der Waals surface area contributed by atoms with Crippen LogP contribution in [0.2, 0.25) is 0 Å². The van der Waals surface area contributed by atoms with Crippen LogP contribution in [0.3, 0.4) is 0 Å². The molecule has 0 aliphatic carbocycles. The molecule has 0 N–H and O–H groups in total. The first-order chi connectivity index (χ1) is 4.61. The summed E-state index contributed by atoms with van der Waals surface area (Å²) in [7, 11) is 4.48. The SMILES string of the molecule is BC(B)(Br)C1CCOCC1. The summed E-state index contributed by atoms with van der Waals surface area (Å²) in [6.07, 6.45) is 2.41. The van der Waals surface area contributed by atoms with E-state index in [1.165, 1.54) is 12.8 Å². The summed E-state index contributed by atoms with van der Waals surface area (Å²) < 4.78 is 5.58. The van der Waals surface area contributed by atoms with Crippen LogP contribution in [0, 0.1) is 5.92 Å². The van der Waals surface area contributed by atoms with E-state index >= 15 is 0 Å².